The van der Waals surface area contributed by atoms with Crippen molar-refractivity contribution in [2.24, 2.45) is 0 Å². The van der Waals surface area contributed by atoms with Crippen LogP contribution in [0.15, 0.2) is 84.9 Å². The van der Waals surface area contributed by atoms with Crippen LogP contribution in [0.1, 0.15) is 37.4 Å². The fourth-order valence-corrected chi connectivity index (χ4v) is 4.38. The van der Waals surface area contributed by atoms with Crippen molar-refractivity contribution >= 4 is 29.6 Å². The zero-order valence-electron chi connectivity index (χ0n) is 18.5. The van der Waals surface area contributed by atoms with Crippen LogP contribution in [0, 0.1) is 20.8 Å². The molecule has 4 aromatic rings. The summed E-state index contributed by atoms with van der Waals surface area (Å²) in [7, 11) is 0. The Morgan fingerprint density at radius 2 is 1.12 bits per heavy atom. The van der Waals surface area contributed by atoms with E-state index >= 15 is 0 Å². The minimum absolute atomic E-state index is 0.632. The average Bonchev–Trinajstić information content (AvgIpc) is 2.82. The summed E-state index contributed by atoms with van der Waals surface area (Å²) in [5.41, 5.74) is 10.2. The van der Waals surface area contributed by atoms with Crippen LogP contribution in [0.2, 0.25) is 0 Å². The van der Waals surface area contributed by atoms with Gasteiger partial charge in [0.25, 0.3) is 0 Å². The number of hydrogen-bond acceptors (Lipinski definition) is 3. The summed E-state index contributed by atoms with van der Waals surface area (Å²) in [6, 6.07) is 27.8. The van der Waals surface area contributed by atoms with Gasteiger partial charge in [-0.2, -0.15) is 0 Å². The van der Waals surface area contributed by atoms with Crippen molar-refractivity contribution in [3.63, 3.8) is 0 Å². The van der Waals surface area contributed by atoms with Gasteiger partial charge in [0.15, 0.2) is 0 Å². The van der Waals surface area contributed by atoms with E-state index in [-0.39, 0.29) is 0 Å². The monoisotopic (exact) mass is 419 g/mol. The lowest BCUT2D eigenvalue weighted by molar-refractivity contribution is 0.111. The molecular weight excluding hydrogens is 394 g/mol. The Labute approximate surface area is 189 Å². The van der Waals surface area contributed by atoms with E-state index in [1.54, 1.807) is 0 Å². The maximum Gasteiger partial charge on any atom is 0.150 e. The molecule has 158 valence electrons. The maximum atomic E-state index is 11.2. The lowest BCUT2D eigenvalue weighted by Gasteiger charge is -2.30. The van der Waals surface area contributed by atoms with Crippen molar-refractivity contribution in [3.05, 3.63) is 113 Å². The highest BCUT2D eigenvalue weighted by Gasteiger charge is 2.21. The van der Waals surface area contributed by atoms with E-state index in [1.165, 1.54) is 22.3 Å². The highest BCUT2D eigenvalue weighted by molar-refractivity contribution is 5.88. The number of carbonyl (C=O) groups excluding carboxylic acids is 2. The number of carbonyl (C=O) groups is 2. The molecule has 0 bridgehead atoms. The van der Waals surface area contributed by atoms with Crippen molar-refractivity contribution in [1.82, 2.24) is 0 Å². The van der Waals surface area contributed by atoms with Crippen molar-refractivity contribution in [2.45, 2.75) is 20.8 Å². The summed E-state index contributed by atoms with van der Waals surface area (Å²) in [6.45, 7) is 6.43. The van der Waals surface area contributed by atoms with Gasteiger partial charge in [-0.25, -0.2) is 0 Å². The summed E-state index contributed by atoms with van der Waals surface area (Å²) in [4.78, 5) is 24.6. The van der Waals surface area contributed by atoms with Crippen LogP contribution in [-0.2, 0) is 0 Å². The quantitative estimate of drug-likeness (QED) is 0.306. The van der Waals surface area contributed by atoms with E-state index < -0.39 is 0 Å². The molecule has 0 saturated heterocycles. The Balaban J connectivity index is 1.98. The van der Waals surface area contributed by atoms with Gasteiger partial charge >= 0.3 is 0 Å². The van der Waals surface area contributed by atoms with E-state index in [0.29, 0.717) is 11.1 Å². The Bertz CT molecular complexity index is 1210. The number of anilines is 3. The molecule has 0 fully saturated rings. The number of benzene rings is 4. The minimum Gasteiger partial charge on any atom is -0.310 e. The maximum absolute atomic E-state index is 11.2. The number of aldehydes is 2. The van der Waals surface area contributed by atoms with Crippen LogP contribution in [-0.4, -0.2) is 12.6 Å². The van der Waals surface area contributed by atoms with Gasteiger partial charge in [-0.3, -0.25) is 9.59 Å². The molecule has 0 aliphatic carbocycles. The molecule has 0 aliphatic heterocycles. The second-order valence-corrected chi connectivity index (χ2v) is 7.98. The first-order valence-corrected chi connectivity index (χ1v) is 10.6. The van der Waals surface area contributed by atoms with E-state index in [0.717, 1.165) is 35.2 Å². The van der Waals surface area contributed by atoms with E-state index in [2.05, 4.69) is 56.0 Å². The van der Waals surface area contributed by atoms with Crippen molar-refractivity contribution < 1.29 is 9.59 Å². The third-order valence-electron chi connectivity index (χ3n) is 5.79. The highest BCUT2D eigenvalue weighted by Crippen LogP contribution is 2.43. The molecular formula is C29H25NO2. The first-order chi connectivity index (χ1) is 15.5. The van der Waals surface area contributed by atoms with Crippen LogP contribution in [0.25, 0.3) is 11.1 Å². The highest BCUT2D eigenvalue weighted by atomic mass is 16.1. The van der Waals surface area contributed by atoms with Crippen LogP contribution < -0.4 is 4.90 Å². The molecule has 0 saturated carbocycles. The van der Waals surface area contributed by atoms with Gasteiger partial charge in [0.1, 0.15) is 12.6 Å². The molecule has 0 amide bonds. The zero-order chi connectivity index (χ0) is 22.7. The van der Waals surface area contributed by atoms with Gasteiger partial charge < -0.3 is 4.90 Å². The molecule has 0 aliphatic rings. The molecule has 4 rings (SSSR count). The number of hydrogen-bond donors (Lipinski definition) is 0. The van der Waals surface area contributed by atoms with E-state index in [9.17, 15) is 9.59 Å². The Kier molecular flexibility index (Phi) is 6.00. The van der Waals surface area contributed by atoms with E-state index in [4.69, 9.17) is 0 Å². The molecule has 32 heavy (non-hydrogen) atoms. The Morgan fingerprint density at radius 3 is 1.59 bits per heavy atom. The van der Waals surface area contributed by atoms with Gasteiger partial charge in [-0.1, -0.05) is 36.4 Å². The third kappa shape index (κ3) is 3.97. The van der Waals surface area contributed by atoms with Gasteiger partial charge in [0.05, 0.1) is 5.69 Å². The molecule has 0 heterocycles. The molecule has 0 unspecified atom stereocenters. The Morgan fingerprint density at radius 1 is 0.625 bits per heavy atom. The first kappa shape index (κ1) is 21.3. The van der Waals surface area contributed by atoms with Crippen molar-refractivity contribution in [1.29, 1.82) is 0 Å². The summed E-state index contributed by atoms with van der Waals surface area (Å²) in [6.07, 6.45) is 1.70. The standard InChI is InChI=1S/C29H25NO2/c1-20-17-21(2)29(22(3)28(20)25-7-5-4-6-8-25)30(26-13-9-23(18-31)10-14-26)27-15-11-24(19-32)12-16-27/h4-19H,1-3H3. The number of aryl methyl sites for hydroxylation is 2. The third-order valence-corrected chi connectivity index (χ3v) is 5.79. The molecule has 3 heteroatoms. The summed E-state index contributed by atoms with van der Waals surface area (Å²) >= 11 is 0. The van der Waals surface area contributed by atoms with Crippen LogP contribution in [0.3, 0.4) is 0 Å². The first-order valence-electron chi connectivity index (χ1n) is 10.6. The minimum atomic E-state index is 0.632. The molecule has 0 spiro atoms. The smallest absolute Gasteiger partial charge is 0.150 e. The number of rotatable bonds is 6. The fraction of sp³-hybridized carbons (Fsp3) is 0.103. The lowest BCUT2D eigenvalue weighted by atomic mass is 9.91. The molecule has 0 aromatic heterocycles. The molecule has 4 aromatic carbocycles. The molecule has 0 N–H and O–H groups in total. The van der Waals surface area contributed by atoms with Gasteiger partial charge in [-0.05, 0) is 97.1 Å². The summed E-state index contributed by atoms with van der Waals surface area (Å²) in [5, 5.41) is 0. The predicted octanol–water partition coefficient (Wildman–Crippen LogP) is 7.37. The van der Waals surface area contributed by atoms with Crippen LogP contribution in [0.5, 0.6) is 0 Å². The van der Waals surface area contributed by atoms with Gasteiger partial charge in [0.2, 0.25) is 0 Å². The van der Waals surface area contributed by atoms with Crippen LogP contribution >= 0.6 is 0 Å². The molecule has 0 radical (unpaired) electrons. The fourth-order valence-electron chi connectivity index (χ4n) is 4.38. The van der Waals surface area contributed by atoms with E-state index in [1.807, 2.05) is 54.6 Å². The Hall–Kier alpha value is -3.98. The largest absolute Gasteiger partial charge is 0.310 e. The van der Waals surface area contributed by atoms with Crippen molar-refractivity contribution in [2.75, 3.05) is 4.90 Å². The molecule has 0 atom stereocenters. The predicted molar refractivity (Wildman–Crippen MR) is 132 cm³/mol. The average molecular weight is 420 g/mol. The van der Waals surface area contributed by atoms with Gasteiger partial charge in [0, 0.05) is 22.5 Å². The lowest BCUT2D eigenvalue weighted by Crippen LogP contribution is -2.14. The number of nitrogens with zero attached hydrogens (tertiary/aromatic N) is 1. The SMILES string of the molecule is Cc1cc(C)c(N(c2ccc(C=O)cc2)c2ccc(C=O)cc2)c(C)c1-c1ccccc1. The zero-order valence-corrected chi connectivity index (χ0v) is 18.5. The normalized spacial score (nSPS) is 10.6. The second-order valence-electron chi connectivity index (χ2n) is 7.98. The second kappa shape index (κ2) is 9.03. The summed E-state index contributed by atoms with van der Waals surface area (Å²) in [5.74, 6) is 0. The van der Waals surface area contributed by atoms with Crippen LogP contribution in [0.4, 0.5) is 17.1 Å². The van der Waals surface area contributed by atoms with Gasteiger partial charge in [-0.15, -0.1) is 0 Å². The molecule has 3 nitrogen and oxygen atoms in total. The summed E-state index contributed by atoms with van der Waals surface area (Å²) < 4.78 is 0. The van der Waals surface area contributed by atoms with Crippen molar-refractivity contribution in [3.8, 4) is 11.1 Å². The topological polar surface area (TPSA) is 37.4 Å².